The Balaban J connectivity index is 1.64. The van der Waals surface area contributed by atoms with Gasteiger partial charge in [-0.2, -0.15) is 0 Å². The number of benzene rings is 3. The highest BCUT2D eigenvalue weighted by molar-refractivity contribution is 9.10. The molecule has 1 N–H and O–H groups in total. The SMILES string of the molecule is CC1(C)N=C(C(=O)c2ccc3ccccc3c2)NN1c1ccc(Br)cc1. The van der Waals surface area contributed by atoms with Crippen LogP contribution in [-0.4, -0.2) is 17.3 Å². The maximum Gasteiger partial charge on any atom is 0.229 e. The van der Waals surface area contributed by atoms with Crippen molar-refractivity contribution >= 4 is 44.0 Å². The number of carbonyl (C=O) groups is 1. The molecule has 0 saturated carbocycles. The van der Waals surface area contributed by atoms with Crippen LogP contribution in [0, 0.1) is 0 Å². The van der Waals surface area contributed by atoms with E-state index in [0.717, 1.165) is 20.9 Å². The van der Waals surface area contributed by atoms with E-state index in [4.69, 9.17) is 0 Å². The molecule has 1 aliphatic rings. The molecular formula is C21H18BrN3O. The number of hydrogen-bond donors (Lipinski definition) is 1. The molecule has 3 aromatic carbocycles. The molecule has 0 fully saturated rings. The predicted molar refractivity (Wildman–Crippen MR) is 110 cm³/mol. The molecule has 130 valence electrons. The van der Waals surface area contributed by atoms with Gasteiger partial charge in [0, 0.05) is 10.0 Å². The predicted octanol–water partition coefficient (Wildman–Crippen LogP) is 4.94. The van der Waals surface area contributed by atoms with Gasteiger partial charge in [0.05, 0.1) is 5.69 Å². The molecule has 0 aliphatic carbocycles. The quantitative estimate of drug-likeness (QED) is 0.625. The van der Waals surface area contributed by atoms with Gasteiger partial charge in [-0.3, -0.25) is 15.2 Å². The van der Waals surface area contributed by atoms with Crippen LogP contribution < -0.4 is 10.4 Å². The zero-order valence-corrected chi connectivity index (χ0v) is 16.1. The maximum atomic E-state index is 13.0. The molecule has 0 bridgehead atoms. The summed E-state index contributed by atoms with van der Waals surface area (Å²) in [5.74, 6) is 0.247. The smallest absolute Gasteiger partial charge is 0.229 e. The molecular weight excluding hydrogens is 390 g/mol. The van der Waals surface area contributed by atoms with Gasteiger partial charge in [-0.1, -0.05) is 52.3 Å². The van der Waals surface area contributed by atoms with Gasteiger partial charge < -0.3 is 0 Å². The molecule has 3 aromatic rings. The van der Waals surface area contributed by atoms with Gasteiger partial charge in [-0.15, -0.1) is 0 Å². The minimum absolute atomic E-state index is 0.108. The first kappa shape index (κ1) is 16.8. The first-order valence-corrected chi connectivity index (χ1v) is 9.19. The summed E-state index contributed by atoms with van der Waals surface area (Å²) in [5, 5.41) is 4.07. The van der Waals surface area contributed by atoms with Crippen LogP contribution in [0.1, 0.15) is 24.2 Å². The van der Waals surface area contributed by atoms with Crippen molar-refractivity contribution < 1.29 is 4.79 Å². The van der Waals surface area contributed by atoms with Crippen molar-refractivity contribution in [3.8, 4) is 0 Å². The molecule has 4 rings (SSSR count). The van der Waals surface area contributed by atoms with Crippen LogP contribution in [0.4, 0.5) is 5.69 Å². The van der Waals surface area contributed by atoms with Crippen LogP contribution in [-0.2, 0) is 0 Å². The molecule has 0 atom stereocenters. The normalized spacial score (nSPS) is 15.7. The summed E-state index contributed by atoms with van der Waals surface area (Å²) < 4.78 is 1.01. The lowest BCUT2D eigenvalue weighted by atomic mass is 10.0. The molecule has 0 unspecified atom stereocenters. The number of Topliss-reactive ketones (excluding diaryl/α,β-unsaturated/α-hetero) is 1. The minimum atomic E-state index is -0.560. The molecule has 26 heavy (non-hydrogen) atoms. The average molecular weight is 408 g/mol. The van der Waals surface area contributed by atoms with Gasteiger partial charge in [0.15, 0.2) is 5.84 Å². The van der Waals surface area contributed by atoms with E-state index in [0.29, 0.717) is 11.4 Å². The second-order valence-electron chi connectivity index (χ2n) is 6.77. The number of anilines is 1. The number of carbonyl (C=O) groups excluding carboxylic acids is 1. The van der Waals surface area contributed by atoms with Crippen molar-refractivity contribution in [1.82, 2.24) is 5.43 Å². The monoisotopic (exact) mass is 407 g/mol. The number of aliphatic imine (C=N–C) groups is 1. The summed E-state index contributed by atoms with van der Waals surface area (Å²) in [6, 6.07) is 21.6. The van der Waals surface area contributed by atoms with Crippen molar-refractivity contribution in [2.24, 2.45) is 4.99 Å². The number of ketones is 1. The van der Waals surface area contributed by atoms with E-state index in [2.05, 4.69) is 26.3 Å². The summed E-state index contributed by atoms with van der Waals surface area (Å²) in [4.78, 5) is 17.6. The number of nitrogens with one attached hydrogen (secondary N) is 1. The van der Waals surface area contributed by atoms with Crippen LogP contribution in [0.5, 0.6) is 0 Å². The van der Waals surface area contributed by atoms with E-state index in [1.807, 2.05) is 85.6 Å². The van der Waals surface area contributed by atoms with Gasteiger partial charge in [0.2, 0.25) is 5.78 Å². The third-order valence-electron chi connectivity index (χ3n) is 4.46. The summed E-state index contributed by atoms with van der Waals surface area (Å²) >= 11 is 3.45. The largest absolute Gasteiger partial charge is 0.285 e. The second-order valence-corrected chi connectivity index (χ2v) is 7.69. The number of hydrogen-bond acceptors (Lipinski definition) is 4. The van der Waals surface area contributed by atoms with Gasteiger partial charge in [-0.25, -0.2) is 4.99 Å². The zero-order chi connectivity index (χ0) is 18.3. The maximum absolute atomic E-state index is 13.0. The number of fused-ring (bicyclic) bond motifs is 1. The molecule has 0 amide bonds. The Kier molecular flexibility index (Phi) is 4.04. The van der Waals surface area contributed by atoms with Crippen molar-refractivity contribution in [1.29, 1.82) is 0 Å². The van der Waals surface area contributed by atoms with E-state index < -0.39 is 5.66 Å². The van der Waals surface area contributed by atoms with Crippen molar-refractivity contribution in [3.63, 3.8) is 0 Å². The van der Waals surface area contributed by atoms with Crippen molar-refractivity contribution in [2.75, 3.05) is 5.01 Å². The van der Waals surface area contributed by atoms with Gasteiger partial charge in [-0.05, 0) is 55.0 Å². The van der Waals surface area contributed by atoms with Gasteiger partial charge >= 0.3 is 0 Å². The Morgan fingerprint density at radius 3 is 2.42 bits per heavy atom. The Morgan fingerprint density at radius 2 is 1.69 bits per heavy atom. The molecule has 5 heteroatoms. The number of amidine groups is 1. The van der Waals surface area contributed by atoms with E-state index >= 15 is 0 Å². The number of rotatable bonds is 3. The van der Waals surface area contributed by atoms with E-state index in [9.17, 15) is 4.79 Å². The molecule has 4 nitrogen and oxygen atoms in total. The summed E-state index contributed by atoms with van der Waals surface area (Å²) in [5.41, 5.74) is 4.20. The number of nitrogens with zero attached hydrogens (tertiary/aromatic N) is 2. The lowest BCUT2D eigenvalue weighted by Crippen LogP contribution is -2.47. The van der Waals surface area contributed by atoms with Crippen LogP contribution >= 0.6 is 15.9 Å². The molecule has 0 radical (unpaired) electrons. The summed E-state index contributed by atoms with van der Waals surface area (Å²) in [6.45, 7) is 3.95. The van der Waals surface area contributed by atoms with Crippen LogP contribution in [0.15, 0.2) is 76.2 Å². The highest BCUT2D eigenvalue weighted by atomic mass is 79.9. The highest BCUT2D eigenvalue weighted by Crippen LogP contribution is 2.28. The molecule has 0 spiro atoms. The number of hydrazine groups is 1. The third-order valence-corrected chi connectivity index (χ3v) is 4.99. The average Bonchev–Trinajstić information content (AvgIpc) is 2.96. The minimum Gasteiger partial charge on any atom is -0.285 e. The summed E-state index contributed by atoms with van der Waals surface area (Å²) in [6.07, 6.45) is 0. The summed E-state index contributed by atoms with van der Waals surface area (Å²) in [7, 11) is 0. The van der Waals surface area contributed by atoms with Crippen molar-refractivity contribution in [2.45, 2.75) is 19.5 Å². The number of halogens is 1. The van der Waals surface area contributed by atoms with Crippen molar-refractivity contribution in [3.05, 3.63) is 76.8 Å². The Morgan fingerprint density at radius 1 is 1.00 bits per heavy atom. The lowest BCUT2D eigenvalue weighted by molar-refractivity contribution is 0.106. The first-order valence-electron chi connectivity index (χ1n) is 8.40. The van der Waals surface area contributed by atoms with E-state index in [-0.39, 0.29) is 5.78 Å². The van der Waals surface area contributed by atoms with Crippen LogP contribution in [0.2, 0.25) is 0 Å². The molecule has 1 aliphatic heterocycles. The Bertz CT molecular complexity index is 1020. The zero-order valence-electron chi connectivity index (χ0n) is 14.5. The van der Waals surface area contributed by atoms with Gasteiger partial charge in [0.25, 0.3) is 0 Å². The highest BCUT2D eigenvalue weighted by Gasteiger charge is 2.36. The first-order chi connectivity index (χ1) is 12.4. The molecule has 0 saturated heterocycles. The Labute approximate surface area is 160 Å². The van der Waals surface area contributed by atoms with E-state index in [1.165, 1.54) is 0 Å². The lowest BCUT2D eigenvalue weighted by Gasteiger charge is -2.30. The van der Waals surface area contributed by atoms with Crippen LogP contribution in [0.3, 0.4) is 0 Å². The fourth-order valence-corrected chi connectivity index (χ4v) is 3.40. The van der Waals surface area contributed by atoms with E-state index in [1.54, 1.807) is 0 Å². The van der Waals surface area contributed by atoms with Gasteiger partial charge in [0.1, 0.15) is 5.66 Å². The molecule has 1 heterocycles. The fourth-order valence-electron chi connectivity index (χ4n) is 3.13. The molecule has 0 aromatic heterocycles. The van der Waals surface area contributed by atoms with Crippen LogP contribution in [0.25, 0.3) is 10.8 Å². The third kappa shape index (κ3) is 2.99. The standard InChI is InChI=1S/C21H18BrN3O/c1-21(2)23-20(24-25(21)18-11-9-17(22)10-12-18)19(26)16-8-7-14-5-3-4-6-15(14)13-16/h3-13H,1-2H3,(H,23,24). The second kappa shape index (κ2) is 6.25. The topological polar surface area (TPSA) is 44.7 Å². The Hall–Kier alpha value is -2.66. The fraction of sp³-hybridized carbons (Fsp3) is 0.143.